The summed E-state index contributed by atoms with van der Waals surface area (Å²) in [5.41, 5.74) is 11.7. The molecule has 0 radical (unpaired) electrons. The number of rotatable bonds is 5. The summed E-state index contributed by atoms with van der Waals surface area (Å²) in [6, 6.07) is 9.77. The first-order valence-corrected chi connectivity index (χ1v) is 11.3. The average molecular weight is 470 g/mol. The Balaban J connectivity index is 1.40. The average Bonchev–Trinajstić information content (AvgIpc) is 3.51. The number of hydrogen-bond acceptors (Lipinski definition) is 8. The fourth-order valence-electron chi connectivity index (χ4n) is 4.49. The summed E-state index contributed by atoms with van der Waals surface area (Å²) >= 11 is 0. The number of benzene rings is 1. The van der Waals surface area contributed by atoms with E-state index in [1.807, 2.05) is 53.8 Å². The van der Waals surface area contributed by atoms with Gasteiger partial charge in [-0.2, -0.15) is 0 Å². The summed E-state index contributed by atoms with van der Waals surface area (Å²) in [5.74, 6) is 1.04. The van der Waals surface area contributed by atoms with Crippen LogP contribution in [0.1, 0.15) is 11.4 Å². The van der Waals surface area contributed by atoms with Gasteiger partial charge in [0.1, 0.15) is 23.5 Å². The molecule has 0 saturated carbocycles. The van der Waals surface area contributed by atoms with Crippen molar-refractivity contribution in [3.63, 3.8) is 0 Å². The molecule has 1 saturated heterocycles. The number of nitrogen functional groups attached to an aromatic ring is 1. The van der Waals surface area contributed by atoms with Crippen LogP contribution in [0.4, 0.5) is 5.82 Å². The van der Waals surface area contributed by atoms with E-state index in [4.69, 9.17) is 15.2 Å². The Kier molecular flexibility index (Phi) is 4.96. The molecule has 0 bridgehead atoms. The molecular formula is C25H23N7O3. The fraction of sp³-hybridized carbons (Fsp3) is 0.240. The highest BCUT2D eigenvalue weighted by atomic mass is 16.6. The van der Waals surface area contributed by atoms with E-state index in [1.165, 1.54) is 6.33 Å². The van der Waals surface area contributed by atoms with Crippen LogP contribution in [0.15, 0.2) is 48.9 Å². The van der Waals surface area contributed by atoms with Crippen LogP contribution in [-0.2, 0) is 16.6 Å². The van der Waals surface area contributed by atoms with Crippen molar-refractivity contribution < 1.29 is 14.3 Å². The summed E-state index contributed by atoms with van der Waals surface area (Å²) < 4.78 is 13.0. The molecule has 10 nitrogen and oxygen atoms in total. The quantitative estimate of drug-likeness (QED) is 0.443. The lowest BCUT2D eigenvalue weighted by atomic mass is 9.99. The maximum Gasteiger partial charge on any atom is 0.322 e. The Labute approximate surface area is 201 Å². The summed E-state index contributed by atoms with van der Waals surface area (Å²) in [7, 11) is 1.95. The Morgan fingerprint density at radius 3 is 2.71 bits per heavy atom. The zero-order valence-corrected chi connectivity index (χ0v) is 19.3. The van der Waals surface area contributed by atoms with Crippen molar-refractivity contribution in [2.75, 3.05) is 25.4 Å². The number of hydrogen-bond donors (Lipinski definition) is 1. The van der Waals surface area contributed by atoms with E-state index in [0.29, 0.717) is 37.3 Å². The Morgan fingerprint density at radius 2 is 1.97 bits per heavy atom. The molecule has 1 atom stereocenters. The number of aromatic nitrogens is 5. The first-order chi connectivity index (χ1) is 17.0. The van der Waals surface area contributed by atoms with E-state index in [1.54, 1.807) is 6.20 Å². The summed E-state index contributed by atoms with van der Waals surface area (Å²) in [6.07, 6.45) is 4.90. The highest BCUT2D eigenvalue weighted by molar-refractivity contribution is 6.06. The number of carbonyl (C=O) groups excluding carboxylic acids is 1. The predicted molar refractivity (Wildman–Crippen MR) is 129 cm³/mol. The van der Waals surface area contributed by atoms with Gasteiger partial charge in [0, 0.05) is 37.6 Å². The molecule has 6 rings (SSSR count). The number of epoxide rings is 1. The monoisotopic (exact) mass is 469 g/mol. The lowest BCUT2D eigenvalue weighted by molar-refractivity contribution is -0.131. The van der Waals surface area contributed by atoms with Crippen LogP contribution in [-0.4, -0.2) is 61.1 Å². The largest absolute Gasteiger partial charge is 0.424 e. The molecule has 176 valence electrons. The molecule has 2 aliphatic heterocycles. The lowest BCUT2D eigenvalue weighted by Crippen LogP contribution is -2.32. The van der Waals surface area contributed by atoms with E-state index in [0.717, 1.165) is 39.1 Å². The van der Waals surface area contributed by atoms with Crippen molar-refractivity contribution in [3.05, 3.63) is 60.3 Å². The van der Waals surface area contributed by atoms with Gasteiger partial charge in [0.25, 0.3) is 5.91 Å². The second-order valence-corrected chi connectivity index (χ2v) is 8.62. The third-order valence-corrected chi connectivity index (χ3v) is 6.27. The minimum atomic E-state index is -0.304. The van der Waals surface area contributed by atoms with Crippen LogP contribution in [0.2, 0.25) is 0 Å². The van der Waals surface area contributed by atoms with Crippen molar-refractivity contribution in [1.82, 2.24) is 29.4 Å². The molecule has 5 heterocycles. The number of anilines is 1. The number of nitrogens with zero attached hydrogens (tertiary/aromatic N) is 6. The maximum absolute atomic E-state index is 12.6. The smallest absolute Gasteiger partial charge is 0.322 e. The first kappa shape index (κ1) is 21.2. The Morgan fingerprint density at radius 1 is 1.17 bits per heavy atom. The van der Waals surface area contributed by atoms with Crippen LogP contribution < -0.4 is 10.5 Å². The Bertz CT molecular complexity index is 1490. The van der Waals surface area contributed by atoms with Gasteiger partial charge in [0.2, 0.25) is 0 Å². The highest BCUT2D eigenvalue weighted by Crippen LogP contribution is 2.41. The van der Waals surface area contributed by atoms with Gasteiger partial charge in [-0.3, -0.25) is 4.79 Å². The number of aryl methyl sites for hydroxylation is 2. The van der Waals surface area contributed by atoms with E-state index in [-0.39, 0.29) is 12.0 Å². The third kappa shape index (κ3) is 3.77. The van der Waals surface area contributed by atoms with Crippen LogP contribution in [0, 0.1) is 6.92 Å². The molecule has 1 fully saturated rings. The molecule has 2 N–H and O–H groups in total. The van der Waals surface area contributed by atoms with Crippen molar-refractivity contribution >= 4 is 28.3 Å². The van der Waals surface area contributed by atoms with E-state index >= 15 is 0 Å². The molecule has 0 spiro atoms. The maximum atomic E-state index is 12.6. The summed E-state index contributed by atoms with van der Waals surface area (Å²) in [4.78, 5) is 31.5. The molecule has 35 heavy (non-hydrogen) atoms. The third-order valence-electron chi connectivity index (χ3n) is 6.27. The van der Waals surface area contributed by atoms with Gasteiger partial charge >= 0.3 is 6.01 Å². The van der Waals surface area contributed by atoms with E-state index < -0.39 is 0 Å². The minimum Gasteiger partial charge on any atom is -0.424 e. The molecule has 4 aromatic rings. The number of nitrogens with two attached hydrogens (primary N) is 1. The second-order valence-electron chi connectivity index (χ2n) is 8.62. The SMILES string of the molecule is Cc1ccnc(Oc2ccc(-c3c(C4=CCN(C(=O)[C@@H]5CO5)C4)n(C)c4ncnc(N)c34)cc2)n1. The standard InChI is InChI=1S/C25H23N7O3/c1-14-7-9-27-25(30-14)35-17-5-3-15(4-6-17)19-20-22(26)28-13-29-23(20)31(2)21(19)16-8-10-32(11-16)24(33)18-12-34-18/h3-9,13,18H,10-12H2,1-2H3,(H2,26,28,29)/t18-/m0/s1. The molecule has 10 heteroatoms. The van der Waals surface area contributed by atoms with E-state index in [2.05, 4.69) is 26.0 Å². The highest BCUT2D eigenvalue weighted by Gasteiger charge is 2.37. The first-order valence-electron chi connectivity index (χ1n) is 11.3. The second kappa shape index (κ2) is 8.17. The van der Waals surface area contributed by atoms with Gasteiger partial charge in [-0.1, -0.05) is 18.2 Å². The van der Waals surface area contributed by atoms with Crippen molar-refractivity contribution in [1.29, 1.82) is 0 Å². The molecule has 2 aliphatic rings. The number of fused-ring (bicyclic) bond motifs is 1. The van der Waals surface area contributed by atoms with Crippen LogP contribution in [0.3, 0.4) is 0 Å². The number of amides is 1. The van der Waals surface area contributed by atoms with Crippen molar-refractivity contribution in [3.8, 4) is 22.9 Å². The van der Waals surface area contributed by atoms with Crippen LogP contribution >= 0.6 is 0 Å². The molecule has 0 aliphatic carbocycles. The topological polar surface area (TPSA) is 125 Å². The van der Waals surface area contributed by atoms with Gasteiger partial charge in [-0.05, 0) is 36.3 Å². The number of carbonyl (C=O) groups is 1. The summed E-state index contributed by atoms with van der Waals surface area (Å²) in [6.45, 7) is 3.42. The molecule has 1 amide bonds. The van der Waals surface area contributed by atoms with Gasteiger partial charge < -0.3 is 24.7 Å². The van der Waals surface area contributed by atoms with Gasteiger partial charge in [0.05, 0.1) is 17.7 Å². The molecule has 3 aromatic heterocycles. The predicted octanol–water partition coefficient (Wildman–Crippen LogP) is 2.73. The van der Waals surface area contributed by atoms with Crippen LogP contribution in [0.25, 0.3) is 27.7 Å². The Hall–Kier alpha value is -4.31. The zero-order valence-electron chi connectivity index (χ0n) is 19.3. The number of ether oxygens (including phenoxy) is 2. The summed E-state index contributed by atoms with van der Waals surface area (Å²) in [5, 5.41) is 0.775. The van der Waals surface area contributed by atoms with Crippen molar-refractivity contribution in [2.45, 2.75) is 13.0 Å². The van der Waals surface area contributed by atoms with Gasteiger partial charge in [-0.25, -0.2) is 19.9 Å². The van der Waals surface area contributed by atoms with Gasteiger partial charge in [0.15, 0.2) is 6.10 Å². The normalized spacial score (nSPS) is 17.0. The molecule has 1 aromatic carbocycles. The molecule has 0 unspecified atom stereocenters. The van der Waals surface area contributed by atoms with Crippen LogP contribution in [0.5, 0.6) is 11.8 Å². The lowest BCUT2D eigenvalue weighted by Gasteiger charge is -2.16. The van der Waals surface area contributed by atoms with Gasteiger partial charge in [-0.15, -0.1) is 0 Å². The zero-order chi connectivity index (χ0) is 24.1. The minimum absolute atomic E-state index is 0.0238. The van der Waals surface area contributed by atoms with E-state index in [9.17, 15) is 4.79 Å². The molecular weight excluding hydrogens is 446 g/mol. The fourth-order valence-corrected chi connectivity index (χ4v) is 4.49. The van der Waals surface area contributed by atoms with Crippen molar-refractivity contribution in [2.24, 2.45) is 7.05 Å².